The van der Waals surface area contributed by atoms with E-state index in [-0.39, 0.29) is 0 Å². The molecule has 8 heteroatoms. The van der Waals surface area contributed by atoms with Gasteiger partial charge in [-0.25, -0.2) is 5.43 Å². The molecule has 0 aliphatic heterocycles. The Balaban J connectivity index is 1.60. The molecule has 35 heavy (non-hydrogen) atoms. The molecule has 0 radical (unpaired) electrons. The first-order valence-electron chi connectivity index (χ1n) is 11.2. The molecule has 0 heterocycles. The van der Waals surface area contributed by atoms with E-state index in [1.807, 2.05) is 38.1 Å². The van der Waals surface area contributed by atoms with Gasteiger partial charge in [-0.2, -0.15) is 5.10 Å². The van der Waals surface area contributed by atoms with E-state index < -0.39 is 11.8 Å². The zero-order chi connectivity index (χ0) is 25.2. The predicted molar refractivity (Wildman–Crippen MR) is 135 cm³/mol. The van der Waals surface area contributed by atoms with E-state index >= 15 is 0 Å². The molecule has 8 nitrogen and oxygen atoms in total. The highest BCUT2D eigenvalue weighted by Gasteiger charge is 2.14. The first-order chi connectivity index (χ1) is 16.9. The summed E-state index contributed by atoms with van der Waals surface area (Å²) in [5.41, 5.74) is 6.18. The Kier molecular flexibility index (Phi) is 8.83. The number of nitrogens with one attached hydrogen (secondary N) is 2. The van der Waals surface area contributed by atoms with Gasteiger partial charge in [-0.05, 0) is 74.4 Å². The molecule has 182 valence electrons. The Hall–Kier alpha value is -4.33. The summed E-state index contributed by atoms with van der Waals surface area (Å²) in [7, 11) is 1.55. The number of methoxy groups -OCH3 is 1. The van der Waals surface area contributed by atoms with Gasteiger partial charge in [0.15, 0.2) is 11.5 Å². The molecule has 2 amide bonds. The monoisotopic (exact) mass is 475 g/mol. The number of nitrogens with zero attached hydrogens (tertiary/aromatic N) is 1. The van der Waals surface area contributed by atoms with Gasteiger partial charge in [-0.15, -0.1) is 0 Å². The van der Waals surface area contributed by atoms with Crippen molar-refractivity contribution in [1.29, 1.82) is 0 Å². The maximum Gasteiger partial charge on any atom is 0.329 e. The Morgan fingerprint density at radius 3 is 2.34 bits per heavy atom. The minimum atomic E-state index is -0.886. The lowest BCUT2D eigenvalue weighted by Crippen LogP contribution is -2.32. The second-order valence-corrected chi connectivity index (χ2v) is 7.63. The van der Waals surface area contributed by atoms with Crippen molar-refractivity contribution in [2.45, 2.75) is 27.4 Å². The molecule has 3 rings (SSSR count). The Morgan fingerprint density at radius 1 is 0.914 bits per heavy atom. The Labute approximate surface area is 204 Å². The molecule has 0 aromatic heterocycles. The van der Waals surface area contributed by atoms with Crippen molar-refractivity contribution < 1.29 is 23.8 Å². The number of carbonyl (C=O) groups is 2. The van der Waals surface area contributed by atoms with Crippen LogP contribution in [-0.4, -0.2) is 31.2 Å². The molecule has 0 fully saturated rings. The summed E-state index contributed by atoms with van der Waals surface area (Å²) in [6, 6.07) is 20.1. The fourth-order valence-corrected chi connectivity index (χ4v) is 3.18. The lowest BCUT2D eigenvalue weighted by Gasteiger charge is -2.13. The first-order valence-corrected chi connectivity index (χ1v) is 11.2. The molecular weight excluding hydrogens is 446 g/mol. The zero-order valence-corrected chi connectivity index (χ0v) is 20.3. The average molecular weight is 476 g/mol. The third-order valence-electron chi connectivity index (χ3n) is 5.18. The second kappa shape index (κ2) is 12.2. The van der Waals surface area contributed by atoms with E-state index in [0.29, 0.717) is 47.4 Å². The molecule has 3 aromatic carbocycles. The van der Waals surface area contributed by atoms with Crippen LogP contribution in [0.2, 0.25) is 0 Å². The topological polar surface area (TPSA) is 98.2 Å². The summed E-state index contributed by atoms with van der Waals surface area (Å²) in [6.07, 6.45) is 0. The number of benzene rings is 3. The van der Waals surface area contributed by atoms with Gasteiger partial charge in [0, 0.05) is 11.3 Å². The number of carbonyl (C=O) groups excluding carboxylic acids is 2. The largest absolute Gasteiger partial charge is 0.494 e. The molecular formula is C27H29N3O5. The van der Waals surface area contributed by atoms with Gasteiger partial charge < -0.3 is 19.5 Å². The number of hydrogen-bond acceptors (Lipinski definition) is 6. The second-order valence-electron chi connectivity index (χ2n) is 7.63. The fraction of sp³-hybridized carbons (Fsp3) is 0.222. The highest BCUT2D eigenvalue weighted by molar-refractivity contribution is 6.39. The van der Waals surface area contributed by atoms with E-state index in [1.54, 1.807) is 56.5 Å². The molecule has 0 aliphatic carbocycles. The molecule has 0 atom stereocenters. The lowest BCUT2D eigenvalue weighted by atomic mass is 10.1. The van der Waals surface area contributed by atoms with E-state index in [1.165, 1.54) is 0 Å². The Bertz CT molecular complexity index is 1210. The van der Waals surface area contributed by atoms with Crippen molar-refractivity contribution in [2.75, 3.05) is 19.0 Å². The maximum atomic E-state index is 12.2. The van der Waals surface area contributed by atoms with Crippen LogP contribution in [0.1, 0.15) is 30.5 Å². The van der Waals surface area contributed by atoms with Crippen molar-refractivity contribution >= 4 is 23.2 Å². The van der Waals surface area contributed by atoms with Crippen molar-refractivity contribution in [3.05, 3.63) is 83.4 Å². The minimum absolute atomic E-state index is 0.412. The highest BCUT2D eigenvalue weighted by Crippen LogP contribution is 2.29. The van der Waals surface area contributed by atoms with Crippen LogP contribution < -0.4 is 25.0 Å². The quantitative estimate of drug-likeness (QED) is 0.271. The van der Waals surface area contributed by atoms with E-state index in [2.05, 4.69) is 15.8 Å². The molecule has 2 N–H and O–H groups in total. The van der Waals surface area contributed by atoms with Gasteiger partial charge >= 0.3 is 11.8 Å². The van der Waals surface area contributed by atoms with Gasteiger partial charge in [-0.1, -0.05) is 24.3 Å². The third-order valence-corrected chi connectivity index (χ3v) is 5.18. The molecule has 0 aliphatic rings. The van der Waals surface area contributed by atoms with Crippen molar-refractivity contribution in [1.82, 2.24) is 5.43 Å². The summed E-state index contributed by atoms with van der Waals surface area (Å²) in [5, 5.41) is 6.56. The normalized spacial score (nSPS) is 10.9. The number of hydrazone groups is 1. The highest BCUT2D eigenvalue weighted by atomic mass is 16.5. The van der Waals surface area contributed by atoms with Crippen LogP contribution in [0.4, 0.5) is 5.69 Å². The van der Waals surface area contributed by atoms with Gasteiger partial charge in [0.2, 0.25) is 0 Å². The van der Waals surface area contributed by atoms with Crippen LogP contribution in [0.25, 0.3) is 0 Å². The summed E-state index contributed by atoms with van der Waals surface area (Å²) in [5.74, 6) is 0.0834. The number of ether oxygens (including phenoxy) is 3. The number of amides is 2. The summed E-state index contributed by atoms with van der Waals surface area (Å²) >= 11 is 0. The zero-order valence-electron chi connectivity index (χ0n) is 20.3. The lowest BCUT2D eigenvalue weighted by molar-refractivity contribution is -0.136. The van der Waals surface area contributed by atoms with Gasteiger partial charge in [0.25, 0.3) is 0 Å². The smallest absolute Gasteiger partial charge is 0.329 e. The van der Waals surface area contributed by atoms with Crippen molar-refractivity contribution in [2.24, 2.45) is 5.10 Å². The van der Waals surface area contributed by atoms with Crippen molar-refractivity contribution in [3.8, 4) is 17.2 Å². The van der Waals surface area contributed by atoms with Crippen LogP contribution in [0.5, 0.6) is 17.2 Å². The summed E-state index contributed by atoms with van der Waals surface area (Å²) < 4.78 is 16.8. The molecule has 3 aromatic rings. The molecule has 0 unspecified atom stereocenters. The molecule has 0 spiro atoms. The van der Waals surface area contributed by atoms with E-state index in [9.17, 15) is 9.59 Å². The maximum absolute atomic E-state index is 12.2. The van der Waals surface area contributed by atoms with Gasteiger partial charge in [0.05, 0.1) is 19.4 Å². The van der Waals surface area contributed by atoms with Crippen LogP contribution in [-0.2, 0) is 16.2 Å². The van der Waals surface area contributed by atoms with E-state index in [0.717, 1.165) is 11.1 Å². The van der Waals surface area contributed by atoms with Crippen LogP contribution in [0, 0.1) is 6.92 Å². The standard InChI is InChI=1S/C27H29N3O5/c1-5-34-23-13-11-22(12-14-23)28-26(31)27(32)30-29-19(3)20-10-15-24(25(16-20)33-4)35-17-21-9-7-6-8-18(21)2/h6-16H,5,17H2,1-4H3,(H,28,31)(H,30,32). The minimum Gasteiger partial charge on any atom is -0.494 e. The number of hydrogen-bond donors (Lipinski definition) is 2. The van der Waals surface area contributed by atoms with Gasteiger partial charge in [0.1, 0.15) is 12.4 Å². The summed E-state index contributed by atoms with van der Waals surface area (Å²) in [4.78, 5) is 24.3. The predicted octanol–water partition coefficient (Wildman–Crippen LogP) is 4.46. The average Bonchev–Trinajstić information content (AvgIpc) is 2.87. The van der Waals surface area contributed by atoms with Crippen molar-refractivity contribution in [3.63, 3.8) is 0 Å². The van der Waals surface area contributed by atoms with Gasteiger partial charge in [-0.3, -0.25) is 9.59 Å². The third kappa shape index (κ3) is 7.07. The van der Waals surface area contributed by atoms with Crippen LogP contribution >= 0.6 is 0 Å². The van der Waals surface area contributed by atoms with Crippen LogP contribution in [0.3, 0.4) is 0 Å². The number of rotatable bonds is 9. The Morgan fingerprint density at radius 2 is 1.66 bits per heavy atom. The summed E-state index contributed by atoms with van der Waals surface area (Å²) in [6.45, 7) is 6.59. The molecule has 0 saturated carbocycles. The van der Waals surface area contributed by atoms with Crippen LogP contribution in [0.15, 0.2) is 71.8 Å². The molecule has 0 bridgehead atoms. The number of aryl methyl sites for hydroxylation is 1. The first kappa shape index (κ1) is 25.3. The fourth-order valence-electron chi connectivity index (χ4n) is 3.18. The van der Waals surface area contributed by atoms with E-state index in [4.69, 9.17) is 14.2 Å². The molecule has 0 saturated heterocycles. The number of anilines is 1. The SMILES string of the molecule is CCOc1ccc(NC(=O)C(=O)NN=C(C)c2ccc(OCc3ccccc3C)c(OC)c2)cc1.